The van der Waals surface area contributed by atoms with Crippen molar-refractivity contribution in [2.75, 3.05) is 6.54 Å². The van der Waals surface area contributed by atoms with Gasteiger partial charge in [-0.15, -0.1) is 0 Å². The predicted molar refractivity (Wildman–Crippen MR) is 74.4 cm³/mol. The Bertz CT molecular complexity index is 523. The molecule has 96 valence electrons. The highest BCUT2D eigenvalue weighted by atomic mass is 16.3. The van der Waals surface area contributed by atoms with Crippen LogP contribution in [-0.4, -0.2) is 22.2 Å². The fraction of sp³-hybridized carbons (Fsp3) is 0.400. The number of nitrogens with one attached hydrogen (secondary N) is 1. The van der Waals surface area contributed by atoms with E-state index >= 15 is 0 Å². The standard InChI is InChI=1S/C15H20N2O/c1-3-15(2,18)11-17-9-12-4-5-14-10-16-7-6-13(14)8-12/h4-8,10,17-18H,3,9,11H2,1-2H3. The quantitative estimate of drug-likeness (QED) is 0.849. The number of nitrogens with zero attached hydrogens (tertiary/aromatic N) is 1. The van der Waals surface area contributed by atoms with Gasteiger partial charge in [0.25, 0.3) is 0 Å². The number of rotatable bonds is 5. The first-order chi connectivity index (χ1) is 8.61. The maximum absolute atomic E-state index is 9.90. The molecular formula is C15H20N2O. The van der Waals surface area contributed by atoms with Gasteiger partial charge in [0.05, 0.1) is 5.60 Å². The van der Waals surface area contributed by atoms with Crippen molar-refractivity contribution in [3.05, 3.63) is 42.2 Å². The number of hydrogen-bond donors (Lipinski definition) is 2. The van der Waals surface area contributed by atoms with Crippen LogP contribution < -0.4 is 5.32 Å². The lowest BCUT2D eigenvalue weighted by molar-refractivity contribution is 0.0556. The molecule has 0 bridgehead atoms. The van der Waals surface area contributed by atoms with Gasteiger partial charge < -0.3 is 10.4 Å². The molecule has 0 radical (unpaired) electrons. The van der Waals surface area contributed by atoms with E-state index in [9.17, 15) is 5.11 Å². The molecule has 0 aliphatic heterocycles. The highest BCUT2D eigenvalue weighted by Crippen LogP contribution is 2.14. The number of benzene rings is 1. The molecule has 1 atom stereocenters. The zero-order valence-electron chi connectivity index (χ0n) is 11.0. The number of fused-ring (bicyclic) bond motifs is 1. The Morgan fingerprint density at radius 1 is 1.28 bits per heavy atom. The van der Waals surface area contributed by atoms with Crippen LogP contribution in [0.4, 0.5) is 0 Å². The lowest BCUT2D eigenvalue weighted by atomic mass is 10.0. The van der Waals surface area contributed by atoms with Crippen LogP contribution in [0, 0.1) is 0 Å². The summed E-state index contributed by atoms with van der Waals surface area (Å²) in [5, 5.41) is 15.5. The van der Waals surface area contributed by atoms with Crippen LogP contribution in [0.5, 0.6) is 0 Å². The van der Waals surface area contributed by atoms with E-state index in [1.54, 1.807) is 6.20 Å². The summed E-state index contributed by atoms with van der Waals surface area (Å²) in [6, 6.07) is 8.35. The molecule has 1 unspecified atom stereocenters. The third-order valence-electron chi connectivity index (χ3n) is 3.30. The van der Waals surface area contributed by atoms with Gasteiger partial charge in [0.1, 0.15) is 0 Å². The molecule has 1 aromatic carbocycles. The summed E-state index contributed by atoms with van der Waals surface area (Å²) in [4.78, 5) is 4.10. The third kappa shape index (κ3) is 3.28. The summed E-state index contributed by atoms with van der Waals surface area (Å²) in [5.41, 5.74) is 0.599. The van der Waals surface area contributed by atoms with Crippen molar-refractivity contribution in [1.82, 2.24) is 10.3 Å². The van der Waals surface area contributed by atoms with E-state index in [1.807, 2.05) is 26.1 Å². The fourth-order valence-electron chi connectivity index (χ4n) is 1.84. The Morgan fingerprint density at radius 2 is 2.11 bits per heavy atom. The molecule has 0 amide bonds. The molecule has 0 saturated heterocycles. The Morgan fingerprint density at radius 3 is 2.89 bits per heavy atom. The molecule has 0 fully saturated rings. The summed E-state index contributed by atoms with van der Waals surface area (Å²) in [7, 11) is 0. The van der Waals surface area contributed by atoms with Gasteiger partial charge in [-0.2, -0.15) is 0 Å². The number of pyridine rings is 1. The topological polar surface area (TPSA) is 45.1 Å². The molecule has 18 heavy (non-hydrogen) atoms. The lowest BCUT2D eigenvalue weighted by Crippen LogP contribution is -2.36. The SMILES string of the molecule is CCC(C)(O)CNCc1ccc2cnccc2c1. The first-order valence-corrected chi connectivity index (χ1v) is 6.36. The molecule has 2 N–H and O–H groups in total. The van der Waals surface area contributed by atoms with Gasteiger partial charge in [-0.3, -0.25) is 4.98 Å². The van der Waals surface area contributed by atoms with Gasteiger partial charge in [-0.1, -0.05) is 19.1 Å². The van der Waals surface area contributed by atoms with E-state index in [-0.39, 0.29) is 0 Å². The van der Waals surface area contributed by atoms with Crippen molar-refractivity contribution in [2.24, 2.45) is 0 Å². The maximum atomic E-state index is 9.90. The van der Waals surface area contributed by atoms with Crippen LogP contribution in [0.3, 0.4) is 0 Å². The molecule has 1 heterocycles. The monoisotopic (exact) mass is 244 g/mol. The molecule has 1 aromatic heterocycles. The van der Waals surface area contributed by atoms with E-state index in [4.69, 9.17) is 0 Å². The molecule has 0 aliphatic rings. The van der Waals surface area contributed by atoms with E-state index < -0.39 is 5.60 Å². The van der Waals surface area contributed by atoms with Gasteiger partial charge in [0.15, 0.2) is 0 Å². The molecule has 2 aromatic rings. The average molecular weight is 244 g/mol. The highest BCUT2D eigenvalue weighted by molar-refractivity contribution is 5.81. The number of hydrogen-bond acceptors (Lipinski definition) is 3. The maximum Gasteiger partial charge on any atom is 0.0741 e. The first-order valence-electron chi connectivity index (χ1n) is 6.36. The minimum atomic E-state index is -0.624. The first kappa shape index (κ1) is 13.0. The van der Waals surface area contributed by atoms with Crippen LogP contribution in [0.15, 0.2) is 36.7 Å². The smallest absolute Gasteiger partial charge is 0.0741 e. The number of aromatic nitrogens is 1. The van der Waals surface area contributed by atoms with Gasteiger partial charge in [-0.05, 0) is 36.4 Å². The van der Waals surface area contributed by atoms with E-state index in [0.717, 1.165) is 18.4 Å². The average Bonchev–Trinajstić information content (AvgIpc) is 2.38. The van der Waals surface area contributed by atoms with E-state index in [2.05, 4.69) is 28.5 Å². The highest BCUT2D eigenvalue weighted by Gasteiger charge is 2.16. The molecule has 0 saturated carbocycles. The molecule has 0 spiro atoms. The molecule has 3 nitrogen and oxygen atoms in total. The van der Waals surface area contributed by atoms with Crippen LogP contribution in [0.1, 0.15) is 25.8 Å². The van der Waals surface area contributed by atoms with Crippen molar-refractivity contribution in [3.8, 4) is 0 Å². The van der Waals surface area contributed by atoms with E-state index in [0.29, 0.717) is 6.54 Å². The Balaban J connectivity index is 2.00. The van der Waals surface area contributed by atoms with Gasteiger partial charge in [0.2, 0.25) is 0 Å². The summed E-state index contributed by atoms with van der Waals surface area (Å²) >= 11 is 0. The van der Waals surface area contributed by atoms with Gasteiger partial charge in [0, 0.05) is 30.9 Å². The normalized spacial score (nSPS) is 14.6. The van der Waals surface area contributed by atoms with Crippen molar-refractivity contribution < 1.29 is 5.11 Å². The summed E-state index contributed by atoms with van der Waals surface area (Å²) < 4.78 is 0. The second kappa shape index (κ2) is 5.46. The minimum Gasteiger partial charge on any atom is -0.389 e. The van der Waals surface area contributed by atoms with Crippen molar-refractivity contribution in [1.29, 1.82) is 0 Å². The van der Waals surface area contributed by atoms with E-state index in [1.165, 1.54) is 10.9 Å². The molecule has 2 rings (SSSR count). The van der Waals surface area contributed by atoms with Crippen molar-refractivity contribution >= 4 is 10.8 Å². The Kier molecular flexibility index (Phi) is 3.94. The number of aliphatic hydroxyl groups is 1. The minimum absolute atomic E-state index is 0.609. The van der Waals surface area contributed by atoms with Crippen LogP contribution >= 0.6 is 0 Å². The molecular weight excluding hydrogens is 224 g/mol. The third-order valence-corrected chi connectivity index (χ3v) is 3.30. The largest absolute Gasteiger partial charge is 0.389 e. The van der Waals surface area contributed by atoms with Gasteiger partial charge >= 0.3 is 0 Å². The van der Waals surface area contributed by atoms with Gasteiger partial charge in [-0.25, -0.2) is 0 Å². The summed E-state index contributed by atoms with van der Waals surface area (Å²) in [6.07, 6.45) is 4.43. The molecule has 3 heteroatoms. The zero-order valence-corrected chi connectivity index (χ0v) is 11.0. The van der Waals surface area contributed by atoms with Crippen LogP contribution in [0.2, 0.25) is 0 Å². The van der Waals surface area contributed by atoms with Crippen molar-refractivity contribution in [2.45, 2.75) is 32.4 Å². The second-order valence-electron chi connectivity index (χ2n) is 5.01. The second-order valence-corrected chi connectivity index (χ2v) is 5.01. The molecule has 0 aliphatic carbocycles. The predicted octanol–water partition coefficient (Wildman–Crippen LogP) is 2.49. The fourth-order valence-corrected chi connectivity index (χ4v) is 1.84. The Labute approximate surface area is 108 Å². The van der Waals surface area contributed by atoms with Crippen molar-refractivity contribution in [3.63, 3.8) is 0 Å². The Hall–Kier alpha value is -1.45. The lowest BCUT2D eigenvalue weighted by Gasteiger charge is -2.21. The zero-order chi connectivity index (χ0) is 13.0. The van der Waals surface area contributed by atoms with Crippen LogP contribution in [0.25, 0.3) is 10.8 Å². The van der Waals surface area contributed by atoms with Crippen LogP contribution in [-0.2, 0) is 6.54 Å². The summed E-state index contributed by atoms with van der Waals surface area (Å²) in [6.45, 7) is 5.23. The summed E-state index contributed by atoms with van der Waals surface area (Å²) in [5.74, 6) is 0.